The standard InChI is InChI=1S/C10H12BrN5/c11-9-3-1-8(2-4-9)7-10-13-14-15-16(10)6-5-12/h1-4H,5-7,12H2. The third kappa shape index (κ3) is 2.65. The van der Waals surface area contributed by atoms with Gasteiger partial charge in [-0.15, -0.1) is 5.10 Å². The summed E-state index contributed by atoms with van der Waals surface area (Å²) in [6.45, 7) is 1.19. The number of rotatable bonds is 4. The zero-order valence-electron chi connectivity index (χ0n) is 8.67. The summed E-state index contributed by atoms with van der Waals surface area (Å²) in [5, 5.41) is 11.5. The minimum absolute atomic E-state index is 0.540. The van der Waals surface area contributed by atoms with E-state index in [1.54, 1.807) is 4.68 Å². The van der Waals surface area contributed by atoms with Gasteiger partial charge in [-0.25, -0.2) is 4.68 Å². The molecule has 16 heavy (non-hydrogen) atoms. The highest BCUT2D eigenvalue weighted by Crippen LogP contribution is 2.12. The van der Waals surface area contributed by atoms with E-state index in [1.807, 2.05) is 24.3 Å². The van der Waals surface area contributed by atoms with E-state index in [2.05, 4.69) is 31.5 Å². The van der Waals surface area contributed by atoms with Crippen molar-refractivity contribution in [1.82, 2.24) is 20.2 Å². The molecular formula is C10H12BrN5. The molecule has 1 heterocycles. The van der Waals surface area contributed by atoms with Gasteiger partial charge in [-0.3, -0.25) is 0 Å². The highest BCUT2D eigenvalue weighted by molar-refractivity contribution is 9.10. The first-order valence-corrected chi connectivity index (χ1v) is 5.78. The number of halogens is 1. The van der Waals surface area contributed by atoms with Gasteiger partial charge < -0.3 is 5.73 Å². The number of hydrogen-bond donors (Lipinski definition) is 1. The molecule has 0 radical (unpaired) electrons. The van der Waals surface area contributed by atoms with Crippen molar-refractivity contribution in [1.29, 1.82) is 0 Å². The van der Waals surface area contributed by atoms with Crippen LogP contribution in [0.4, 0.5) is 0 Å². The van der Waals surface area contributed by atoms with Crippen molar-refractivity contribution in [3.05, 3.63) is 40.1 Å². The molecule has 2 rings (SSSR count). The SMILES string of the molecule is NCCn1nnnc1Cc1ccc(Br)cc1. The van der Waals surface area contributed by atoms with Crippen LogP contribution in [0, 0.1) is 0 Å². The lowest BCUT2D eigenvalue weighted by molar-refractivity contribution is 0.578. The average Bonchev–Trinajstić information content (AvgIpc) is 2.70. The van der Waals surface area contributed by atoms with Crippen molar-refractivity contribution in [3.63, 3.8) is 0 Å². The quantitative estimate of drug-likeness (QED) is 0.907. The zero-order chi connectivity index (χ0) is 11.4. The number of nitrogens with zero attached hydrogens (tertiary/aromatic N) is 4. The molecule has 0 bridgehead atoms. The lowest BCUT2D eigenvalue weighted by Crippen LogP contribution is -2.14. The Kier molecular flexibility index (Phi) is 3.63. The Labute approximate surface area is 102 Å². The van der Waals surface area contributed by atoms with Crippen LogP contribution >= 0.6 is 15.9 Å². The maximum absolute atomic E-state index is 5.48. The van der Waals surface area contributed by atoms with Gasteiger partial charge in [0.1, 0.15) is 0 Å². The molecule has 84 valence electrons. The normalized spacial score (nSPS) is 10.6. The van der Waals surface area contributed by atoms with Crippen LogP contribution in [0.1, 0.15) is 11.4 Å². The fraction of sp³-hybridized carbons (Fsp3) is 0.300. The monoisotopic (exact) mass is 281 g/mol. The second-order valence-electron chi connectivity index (χ2n) is 3.41. The average molecular weight is 282 g/mol. The van der Waals surface area contributed by atoms with E-state index >= 15 is 0 Å². The Hall–Kier alpha value is -1.27. The van der Waals surface area contributed by atoms with Crippen LogP contribution in [0.5, 0.6) is 0 Å². The topological polar surface area (TPSA) is 69.6 Å². The molecule has 0 aliphatic heterocycles. The molecular weight excluding hydrogens is 270 g/mol. The van der Waals surface area contributed by atoms with E-state index in [-0.39, 0.29) is 0 Å². The summed E-state index contributed by atoms with van der Waals surface area (Å²) in [6.07, 6.45) is 0.722. The molecule has 1 aromatic carbocycles. The van der Waals surface area contributed by atoms with Crippen molar-refractivity contribution < 1.29 is 0 Å². The molecule has 0 unspecified atom stereocenters. The molecule has 2 N–H and O–H groups in total. The molecule has 1 aromatic heterocycles. The van der Waals surface area contributed by atoms with Crippen LogP contribution in [-0.2, 0) is 13.0 Å². The summed E-state index contributed by atoms with van der Waals surface area (Å²) >= 11 is 3.40. The number of benzene rings is 1. The third-order valence-corrected chi connectivity index (χ3v) is 2.75. The molecule has 0 saturated heterocycles. The number of hydrogen-bond acceptors (Lipinski definition) is 4. The highest BCUT2D eigenvalue weighted by Gasteiger charge is 2.05. The van der Waals surface area contributed by atoms with E-state index in [4.69, 9.17) is 5.73 Å². The van der Waals surface area contributed by atoms with Gasteiger partial charge in [0.05, 0.1) is 6.54 Å². The van der Waals surface area contributed by atoms with Gasteiger partial charge in [0.25, 0.3) is 0 Å². The Bertz CT molecular complexity index is 450. The second kappa shape index (κ2) is 5.18. The van der Waals surface area contributed by atoms with E-state index in [1.165, 1.54) is 5.56 Å². The molecule has 6 heteroatoms. The Morgan fingerprint density at radius 2 is 2.00 bits per heavy atom. The maximum atomic E-state index is 5.48. The van der Waals surface area contributed by atoms with Gasteiger partial charge in [0.2, 0.25) is 0 Å². The fourth-order valence-corrected chi connectivity index (χ4v) is 1.69. The predicted molar refractivity (Wildman–Crippen MR) is 63.8 cm³/mol. The van der Waals surface area contributed by atoms with Crippen LogP contribution in [0.3, 0.4) is 0 Å². The first-order valence-electron chi connectivity index (χ1n) is 4.99. The predicted octanol–water partition coefficient (Wildman–Crippen LogP) is 0.985. The molecule has 0 amide bonds. The van der Waals surface area contributed by atoms with Gasteiger partial charge in [-0.2, -0.15) is 0 Å². The first-order chi connectivity index (χ1) is 7.79. The van der Waals surface area contributed by atoms with Gasteiger partial charge in [-0.05, 0) is 28.1 Å². The second-order valence-corrected chi connectivity index (χ2v) is 4.33. The Balaban J connectivity index is 2.13. The summed E-state index contributed by atoms with van der Waals surface area (Å²) in [5.41, 5.74) is 6.66. The van der Waals surface area contributed by atoms with E-state index in [0.717, 1.165) is 16.7 Å². The van der Waals surface area contributed by atoms with Crippen LogP contribution in [0.2, 0.25) is 0 Å². The van der Waals surface area contributed by atoms with Crippen molar-refractivity contribution in [2.75, 3.05) is 6.54 Å². The van der Waals surface area contributed by atoms with Gasteiger partial charge in [0.15, 0.2) is 5.82 Å². The van der Waals surface area contributed by atoms with E-state index in [9.17, 15) is 0 Å². The van der Waals surface area contributed by atoms with E-state index < -0.39 is 0 Å². The summed E-state index contributed by atoms with van der Waals surface area (Å²) in [5.74, 6) is 0.841. The molecule has 0 aliphatic carbocycles. The van der Waals surface area contributed by atoms with E-state index in [0.29, 0.717) is 13.1 Å². The number of aromatic nitrogens is 4. The maximum Gasteiger partial charge on any atom is 0.155 e. The Morgan fingerprint density at radius 3 is 2.69 bits per heavy atom. The van der Waals surface area contributed by atoms with Gasteiger partial charge >= 0.3 is 0 Å². The number of nitrogens with two attached hydrogens (primary N) is 1. The minimum atomic E-state index is 0.540. The number of tetrazole rings is 1. The van der Waals surface area contributed by atoms with Crippen molar-refractivity contribution >= 4 is 15.9 Å². The van der Waals surface area contributed by atoms with Gasteiger partial charge in [-0.1, -0.05) is 28.1 Å². The minimum Gasteiger partial charge on any atom is -0.329 e. The molecule has 2 aromatic rings. The van der Waals surface area contributed by atoms with Crippen LogP contribution in [0.15, 0.2) is 28.7 Å². The lowest BCUT2D eigenvalue weighted by Gasteiger charge is -2.02. The molecule has 0 fully saturated rings. The van der Waals surface area contributed by atoms with Crippen LogP contribution < -0.4 is 5.73 Å². The van der Waals surface area contributed by atoms with Crippen LogP contribution in [-0.4, -0.2) is 26.8 Å². The fourth-order valence-electron chi connectivity index (χ4n) is 1.43. The van der Waals surface area contributed by atoms with Gasteiger partial charge in [0, 0.05) is 17.4 Å². The third-order valence-electron chi connectivity index (χ3n) is 2.22. The molecule has 5 nitrogen and oxygen atoms in total. The zero-order valence-corrected chi connectivity index (χ0v) is 10.3. The van der Waals surface area contributed by atoms with Crippen LogP contribution in [0.25, 0.3) is 0 Å². The highest BCUT2D eigenvalue weighted by atomic mass is 79.9. The van der Waals surface area contributed by atoms with Crippen molar-refractivity contribution in [3.8, 4) is 0 Å². The summed E-state index contributed by atoms with van der Waals surface area (Å²) in [4.78, 5) is 0. The largest absolute Gasteiger partial charge is 0.329 e. The molecule has 0 saturated carbocycles. The smallest absolute Gasteiger partial charge is 0.155 e. The summed E-state index contributed by atoms with van der Waals surface area (Å²) in [6, 6.07) is 8.11. The summed E-state index contributed by atoms with van der Waals surface area (Å²) in [7, 11) is 0. The lowest BCUT2D eigenvalue weighted by atomic mass is 10.1. The van der Waals surface area contributed by atoms with Crippen molar-refractivity contribution in [2.24, 2.45) is 5.73 Å². The molecule has 0 atom stereocenters. The molecule has 0 aliphatic rings. The Morgan fingerprint density at radius 1 is 1.25 bits per heavy atom. The first kappa shape index (κ1) is 11.2. The molecule has 0 spiro atoms. The van der Waals surface area contributed by atoms with Crippen molar-refractivity contribution in [2.45, 2.75) is 13.0 Å². The summed E-state index contributed by atoms with van der Waals surface area (Å²) < 4.78 is 2.81.